The molecule has 9 heteroatoms. The van der Waals surface area contributed by atoms with Crippen molar-refractivity contribution in [2.75, 3.05) is 32.8 Å². The van der Waals surface area contributed by atoms with Crippen LogP contribution in [0.5, 0.6) is 11.5 Å². The Hall–Kier alpha value is -3.69. The number of piperazine rings is 1. The largest absolute Gasteiger partial charge is 0.492 e. The molecule has 2 atom stereocenters. The Morgan fingerprint density at radius 1 is 1.02 bits per heavy atom. The standard InChI is InChI=1S/C37H41BrFN3O4/c1-24-5-3-7-31(19-24)45-18-16-42(30-13-14-30)37(44)36-32(21-29-22-41(25(2)43)23-34(36)40-29)27-10-8-26(9-11-27)6-4-17-46-35-20-28(39)12-15-33(35)38/h3,5,7-12,15,19-20,29-30,34,40H,4,6,13-14,16-18,21-23H2,1-2H3. The number of benzene rings is 3. The van der Waals surface area contributed by atoms with Crippen molar-refractivity contribution in [1.29, 1.82) is 0 Å². The summed E-state index contributed by atoms with van der Waals surface area (Å²) in [6, 6.07) is 21.0. The zero-order chi connectivity index (χ0) is 32.2. The molecule has 3 aliphatic rings. The number of carbonyl (C=O) groups excluding carboxylic acids is 2. The van der Waals surface area contributed by atoms with Gasteiger partial charge in [0.1, 0.15) is 23.9 Å². The van der Waals surface area contributed by atoms with Gasteiger partial charge in [0, 0.05) is 43.7 Å². The minimum Gasteiger partial charge on any atom is -0.492 e. The van der Waals surface area contributed by atoms with E-state index in [0.717, 1.165) is 58.2 Å². The van der Waals surface area contributed by atoms with Crippen molar-refractivity contribution >= 4 is 33.3 Å². The minimum atomic E-state index is -0.326. The number of nitrogens with zero attached hydrogens (tertiary/aromatic N) is 2. The van der Waals surface area contributed by atoms with Gasteiger partial charge in [-0.2, -0.15) is 0 Å². The summed E-state index contributed by atoms with van der Waals surface area (Å²) in [5.74, 6) is 1.06. The van der Waals surface area contributed by atoms with Crippen molar-refractivity contribution in [1.82, 2.24) is 15.1 Å². The van der Waals surface area contributed by atoms with Crippen molar-refractivity contribution in [3.05, 3.63) is 99.3 Å². The van der Waals surface area contributed by atoms with E-state index < -0.39 is 0 Å². The molecule has 242 valence electrons. The molecular weight excluding hydrogens is 649 g/mol. The van der Waals surface area contributed by atoms with E-state index in [0.29, 0.717) is 45.0 Å². The first-order valence-electron chi connectivity index (χ1n) is 16.2. The number of hydrogen-bond acceptors (Lipinski definition) is 5. The van der Waals surface area contributed by atoms with E-state index in [1.807, 2.05) is 41.0 Å². The number of rotatable bonds is 12. The molecule has 2 heterocycles. The Balaban J connectivity index is 1.18. The predicted octanol–water partition coefficient (Wildman–Crippen LogP) is 6.32. The Bertz CT molecular complexity index is 1610. The van der Waals surface area contributed by atoms with E-state index >= 15 is 0 Å². The first-order valence-corrected chi connectivity index (χ1v) is 17.0. The molecule has 1 saturated heterocycles. The highest BCUT2D eigenvalue weighted by Crippen LogP contribution is 2.37. The lowest BCUT2D eigenvalue weighted by Crippen LogP contribution is -2.62. The molecule has 1 aliphatic carbocycles. The molecule has 3 aromatic carbocycles. The fraction of sp³-hybridized carbons (Fsp3) is 0.405. The average Bonchev–Trinajstić information content (AvgIpc) is 3.88. The Labute approximate surface area is 278 Å². The van der Waals surface area contributed by atoms with Crippen LogP contribution >= 0.6 is 15.9 Å². The first kappa shape index (κ1) is 32.3. The Morgan fingerprint density at radius 3 is 2.57 bits per heavy atom. The lowest BCUT2D eigenvalue weighted by Gasteiger charge is -2.44. The highest BCUT2D eigenvalue weighted by molar-refractivity contribution is 9.10. The van der Waals surface area contributed by atoms with Crippen LogP contribution in [0.2, 0.25) is 0 Å². The molecule has 0 radical (unpaired) electrons. The van der Waals surface area contributed by atoms with Crippen molar-refractivity contribution in [3.63, 3.8) is 0 Å². The maximum Gasteiger partial charge on any atom is 0.252 e. The highest BCUT2D eigenvalue weighted by atomic mass is 79.9. The van der Waals surface area contributed by atoms with Gasteiger partial charge in [0.15, 0.2) is 0 Å². The summed E-state index contributed by atoms with van der Waals surface area (Å²) in [4.78, 5) is 30.7. The Morgan fingerprint density at radius 2 is 1.83 bits per heavy atom. The molecule has 2 fully saturated rings. The zero-order valence-electron chi connectivity index (χ0n) is 26.4. The second-order valence-electron chi connectivity index (χ2n) is 12.6. The first-order chi connectivity index (χ1) is 22.2. The van der Waals surface area contributed by atoms with Gasteiger partial charge >= 0.3 is 0 Å². The maximum atomic E-state index is 14.5. The number of carbonyl (C=O) groups is 2. The molecule has 1 N–H and O–H groups in total. The summed E-state index contributed by atoms with van der Waals surface area (Å²) in [5, 5.41) is 3.67. The molecule has 1 saturated carbocycles. The number of amides is 2. The van der Waals surface area contributed by atoms with Crippen LogP contribution in [0.1, 0.15) is 49.3 Å². The highest BCUT2D eigenvalue weighted by Gasteiger charge is 2.42. The molecule has 6 rings (SSSR count). The second-order valence-corrected chi connectivity index (χ2v) is 13.4. The second kappa shape index (κ2) is 14.4. The van der Waals surface area contributed by atoms with Crippen LogP contribution in [0.25, 0.3) is 5.57 Å². The molecule has 3 aromatic rings. The van der Waals surface area contributed by atoms with Gasteiger partial charge in [-0.3, -0.25) is 9.59 Å². The van der Waals surface area contributed by atoms with Gasteiger partial charge in [0.2, 0.25) is 5.91 Å². The van der Waals surface area contributed by atoms with E-state index in [1.165, 1.54) is 17.7 Å². The van der Waals surface area contributed by atoms with Gasteiger partial charge in [-0.1, -0.05) is 36.4 Å². The molecule has 2 bridgehead atoms. The molecule has 0 aromatic heterocycles. The summed E-state index contributed by atoms with van der Waals surface area (Å²) in [6.07, 6.45) is 4.26. The van der Waals surface area contributed by atoms with Gasteiger partial charge in [-0.15, -0.1) is 0 Å². The third-order valence-electron chi connectivity index (χ3n) is 8.98. The number of hydrogen-bond donors (Lipinski definition) is 1. The number of fused-ring (bicyclic) bond motifs is 2. The summed E-state index contributed by atoms with van der Waals surface area (Å²) >= 11 is 3.41. The van der Waals surface area contributed by atoms with Gasteiger partial charge in [-0.25, -0.2) is 4.39 Å². The van der Waals surface area contributed by atoms with Crippen LogP contribution < -0.4 is 14.8 Å². The number of aryl methyl sites for hydroxylation is 2. The van der Waals surface area contributed by atoms with Gasteiger partial charge < -0.3 is 24.6 Å². The maximum absolute atomic E-state index is 14.5. The third kappa shape index (κ3) is 7.81. The van der Waals surface area contributed by atoms with E-state index in [9.17, 15) is 14.0 Å². The van der Waals surface area contributed by atoms with Crippen LogP contribution in [0.3, 0.4) is 0 Å². The monoisotopic (exact) mass is 689 g/mol. The van der Waals surface area contributed by atoms with Crippen molar-refractivity contribution in [2.24, 2.45) is 0 Å². The quantitative estimate of drug-likeness (QED) is 0.225. The summed E-state index contributed by atoms with van der Waals surface area (Å²) in [5.41, 5.74) is 5.19. The normalized spacial score (nSPS) is 19.2. The number of halogens is 2. The van der Waals surface area contributed by atoms with Crippen LogP contribution in [-0.2, 0) is 16.0 Å². The van der Waals surface area contributed by atoms with E-state index in [2.05, 4.69) is 45.5 Å². The van der Waals surface area contributed by atoms with Crippen molar-refractivity contribution < 1.29 is 23.5 Å². The molecule has 0 spiro atoms. The van der Waals surface area contributed by atoms with Crippen LogP contribution in [-0.4, -0.2) is 72.6 Å². The summed E-state index contributed by atoms with van der Waals surface area (Å²) < 4.78 is 26.2. The minimum absolute atomic E-state index is 0.0374. The molecule has 7 nitrogen and oxygen atoms in total. The molecule has 2 unspecified atom stereocenters. The lowest BCUT2D eigenvalue weighted by atomic mass is 9.82. The molecule has 2 amide bonds. The zero-order valence-corrected chi connectivity index (χ0v) is 28.0. The summed E-state index contributed by atoms with van der Waals surface area (Å²) in [7, 11) is 0. The third-order valence-corrected chi connectivity index (χ3v) is 9.64. The van der Waals surface area contributed by atoms with Gasteiger partial charge in [-0.05, 0) is 101 Å². The van der Waals surface area contributed by atoms with E-state index in [4.69, 9.17) is 9.47 Å². The van der Waals surface area contributed by atoms with Crippen molar-refractivity contribution in [3.8, 4) is 11.5 Å². The number of nitrogens with one attached hydrogen (secondary N) is 1. The van der Waals surface area contributed by atoms with E-state index in [-0.39, 0.29) is 35.8 Å². The lowest BCUT2D eigenvalue weighted by molar-refractivity contribution is -0.132. The van der Waals surface area contributed by atoms with Crippen molar-refractivity contribution in [2.45, 2.75) is 64.1 Å². The Kier molecular flexibility index (Phi) is 10.1. The van der Waals surface area contributed by atoms with Gasteiger partial charge in [0.05, 0.1) is 23.7 Å². The summed E-state index contributed by atoms with van der Waals surface area (Å²) in [6.45, 7) is 6.15. The fourth-order valence-corrected chi connectivity index (χ4v) is 6.86. The van der Waals surface area contributed by atoms with E-state index in [1.54, 1.807) is 13.0 Å². The smallest absolute Gasteiger partial charge is 0.252 e. The number of ether oxygens (including phenoxy) is 2. The van der Waals surface area contributed by atoms with Crippen LogP contribution in [0.4, 0.5) is 4.39 Å². The van der Waals surface area contributed by atoms with Gasteiger partial charge in [0.25, 0.3) is 5.91 Å². The molecular formula is C37H41BrFN3O4. The topological polar surface area (TPSA) is 71.1 Å². The molecule has 2 aliphatic heterocycles. The fourth-order valence-electron chi connectivity index (χ4n) is 6.50. The SMILES string of the molecule is CC(=O)N1CC2CC(c3ccc(CCCOc4cc(F)ccc4Br)cc3)=C(C(=O)N(CCOc3cccc(C)c3)C3CC3)C(C1)N2. The average molecular weight is 691 g/mol. The van der Waals surface area contributed by atoms with Crippen LogP contribution in [0.15, 0.2) is 76.8 Å². The van der Waals surface area contributed by atoms with Crippen LogP contribution in [0, 0.1) is 12.7 Å². The molecule has 46 heavy (non-hydrogen) atoms. The predicted molar refractivity (Wildman–Crippen MR) is 180 cm³/mol.